The van der Waals surface area contributed by atoms with E-state index >= 15 is 0 Å². The maximum absolute atomic E-state index is 9.21. The third kappa shape index (κ3) is 4.70. The van der Waals surface area contributed by atoms with Gasteiger partial charge in [0.2, 0.25) is 0 Å². The zero-order valence-corrected chi connectivity index (χ0v) is 9.97. The number of aliphatic imine (C=N–C) groups is 1. The Balaban J connectivity index is 2.74. The highest BCUT2D eigenvalue weighted by atomic mass is 16.5. The molecule has 0 amide bonds. The zero-order valence-electron chi connectivity index (χ0n) is 9.97. The summed E-state index contributed by atoms with van der Waals surface area (Å²) in [6.45, 7) is 3.05. The van der Waals surface area contributed by atoms with Crippen LogP contribution in [0.4, 0.5) is 0 Å². The Bertz CT molecular complexity index is 383. The normalized spacial score (nSPS) is 12.2. The van der Waals surface area contributed by atoms with Gasteiger partial charge in [0, 0.05) is 12.2 Å². The van der Waals surface area contributed by atoms with E-state index in [-0.39, 0.29) is 5.75 Å². The molecular weight excluding hydrogens is 216 g/mol. The second kappa shape index (κ2) is 7.46. The van der Waals surface area contributed by atoms with Crippen LogP contribution in [-0.2, 0) is 4.74 Å². The molecular formula is C13H18N2O2. The molecule has 1 aromatic carbocycles. The van der Waals surface area contributed by atoms with Crippen molar-refractivity contribution in [3.8, 4) is 5.75 Å². The van der Waals surface area contributed by atoms with Gasteiger partial charge in [-0.05, 0) is 43.0 Å². The summed E-state index contributed by atoms with van der Waals surface area (Å²) < 4.78 is 5.29. The Morgan fingerprint density at radius 3 is 2.71 bits per heavy atom. The van der Waals surface area contributed by atoms with E-state index in [0.29, 0.717) is 13.3 Å². The molecule has 0 saturated heterocycles. The molecule has 0 unspecified atom stereocenters. The van der Waals surface area contributed by atoms with Crippen LogP contribution in [0.1, 0.15) is 18.9 Å². The van der Waals surface area contributed by atoms with Gasteiger partial charge in [0.25, 0.3) is 0 Å². The second-order valence-electron chi connectivity index (χ2n) is 3.49. The van der Waals surface area contributed by atoms with Gasteiger partial charge in [-0.3, -0.25) is 4.99 Å². The molecule has 0 aliphatic heterocycles. The first-order valence-electron chi connectivity index (χ1n) is 5.57. The van der Waals surface area contributed by atoms with Crippen molar-refractivity contribution >= 4 is 5.71 Å². The van der Waals surface area contributed by atoms with Crippen molar-refractivity contribution in [1.82, 2.24) is 0 Å². The molecule has 0 radical (unpaired) electrons. The quantitative estimate of drug-likeness (QED) is 0.584. The van der Waals surface area contributed by atoms with Crippen molar-refractivity contribution in [2.24, 2.45) is 10.7 Å². The number of hydrogen-bond donors (Lipinski definition) is 2. The molecule has 0 fully saturated rings. The highest BCUT2D eigenvalue weighted by Crippen LogP contribution is 2.11. The highest BCUT2D eigenvalue weighted by molar-refractivity contribution is 6.08. The number of hydrogen-bond acceptors (Lipinski definition) is 4. The number of phenolic OH excluding ortho intramolecular Hbond substituents is 1. The number of nitrogens with two attached hydrogens (primary N) is 1. The number of phenols is 1. The molecule has 0 heterocycles. The van der Waals surface area contributed by atoms with Gasteiger partial charge < -0.3 is 15.6 Å². The van der Waals surface area contributed by atoms with E-state index in [9.17, 15) is 5.11 Å². The summed E-state index contributed by atoms with van der Waals surface area (Å²) >= 11 is 0. The fourth-order valence-electron chi connectivity index (χ4n) is 1.29. The van der Waals surface area contributed by atoms with Crippen LogP contribution in [0.15, 0.2) is 41.5 Å². The van der Waals surface area contributed by atoms with Crippen LogP contribution in [0.2, 0.25) is 0 Å². The van der Waals surface area contributed by atoms with E-state index in [2.05, 4.69) is 4.99 Å². The average Bonchev–Trinajstić information content (AvgIpc) is 2.34. The van der Waals surface area contributed by atoms with Crippen molar-refractivity contribution in [2.45, 2.75) is 13.3 Å². The van der Waals surface area contributed by atoms with Gasteiger partial charge in [-0.25, -0.2) is 0 Å². The highest BCUT2D eigenvalue weighted by Gasteiger charge is 1.99. The number of rotatable bonds is 6. The predicted molar refractivity (Wildman–Crippen MR) is 69.1 cm³/mol. The van der Waals surface area contributed by atoms with Gasteiger partial charge in [0.15, 0.2) is 0 Å². The summed E-state index contributed by atoms with van der Waals surface area (Å²) in [6.07, 6.45) is 4.12. The lowest BCUT2D eigenvalue weighted by Gasteiger charge is -2.03. The summed E-state index contributed by atoms with van der Waals surface area (Å²) in [6, 6.07) is 6.80. The van der Waals surface area contributed by atoms with Crippen LogP contribution in [0, 0.1) is 0 Å². The summed E-state index contributed by atoms with van der Waals surface area (Å²) in [7, 11) is 0. The van der Waals surface area contributed by atoms with E-state index in [1.165, 1.54) is 6.20 Å². The first-order valence-corrected chi connectivity index (χ1v) is 5.57. The van der Waals surface area contributed by atoms with Crippen LogP contribution in [0.5, 0.6) is 5.75 Å². The Kier molecular flexibility index (Phi) is 5.82. The van der Waals surface area contributed by atoms with Gasteiger partial charge in [0.1, 0.15) is 12.5 Å². The van der Waals surface area contributed by atoms with Crippen LogP contribution in [0.25, 0.3) is 0 Å². The molecule has 0 bridgehead atoms. The molecule has 4 heteroatoms. The minimum absolute atomic E-state index is 0.229. The van der Waals surface area contributed by atoms with Crippen LogP contribution in [-0.4, -0.2) is 24.2 Å². The lowest BCUT2D eigenvalue weighted by atomic mass is 10.1. The van der Waals surface area contributed by atoms with Crippen molar-refractivity contribution in [3.05, 3.63) is 42.1 Å². The molecule has 0 aromatic heterocycles. The fourth-order valence-corrected chi connectivity index (χ4v) is 1.29. The molecule has 4 nitrogen and oxygen atoms in total. The van der Waals surface area contributed by atoms with E-state index < -0.39 is 0 Å². The number of benzene rings is 1. The summed E-state index contributed by atoms with van der Waals surface area (Å²) in [5.74, 6) is 0.229. The number of nitrogens with zero attached hydrogens (tertiary/aromatic N) is 1. The van der Waals surface area contributed by atoms with Crippen LogP contribution in [0.3, 0.4) is 0 Å². The molecule has 0 saturated carbocycles. The molecule has 0 spiro atoms. The Labute approximate surface area is 101 Å². The Morgan fingerprint density at radius 2 is 2.12 bits per heavy atom. The Hall–Kier alpha value is -1.81. The van der Waals surface area contributed by atoms with E-state index in [0.717, 1.165) is 17.7 Å². The smallest absolute Gasteiger partial charge is 0.138 e. The molecule has 1 rings (SSSR count). The molecule has 17 heavy (non-hydrogen) atoms. The largest absolute Gasteiger partial charge is 0.508 e. The average molecular weight is 234 g/mol. The maximum atomic E-state index is 9.21. The lowest BCUT2D eigenvalue weighted by molar-refractivity contribution is 0.143. The van der Waals surface area contributed by atoms with E-state index in [1.54, 1.807) is 30.3 Å². The van der Waals surface area contributed by atoms with E-state index in [1.807, 2.05) is 6.92 Å². The van der Waals surface area contributed by atoms with Gasteiger partial charge in [-0.2, -0.15) is 0 Å². The summed E-state index contributed by atoms with van der Waals surface area (Å²) in [5, 5.41) is 9.21. The Morgan fingerprint density at radius 1 is 1.41 bits per heavy atom. The molecule has 3 N–H and O–H groups in total. The number of allylic oxidation sites excluding steroid dienone is 1. The van der Waals surface area contributed by atoms with Gasteiger partial charge in [-0.1, -0.05) is 6.92 Å². The van der Waals surface area contributed by atoms with Crippen molar-refractivity contribution in [1.29, 1.82) is 0 Å². The van der Waals surface area contributed by atoms with Crippen molar-refractivity contribution in [2.75, 3.05) is 13.3 Å². The standard InChI is InChI=1S/C13H18N2O2/c1-2-9-17-10-15-13(7-8-14)11-3-5-12(16)6-4-11/h3-8,16H,2,9-10,14H2,1H3. The molecule has 1 aromatic rings. The minimum atomic E-state index is 0.229. The SMILES string of the molecule is CCCOCN=C(C=CN)c1ccc(O)cc1. The van der Waals surface area contributed by atoms with Crippen LogP contribution >= 0.6 is 0 Å². The number of ether oxygens (including phenoxy) is 1. The first-order chi connectivity index (χ1) is 8.27. The summed E-state index contributed by atoms with van der Waals surface area (Å²) in [4.78, 5) is 4.30. The first kappa shape index (κ1) is 13.3. The summed E-state index contributed by atoms with van der Waals surface area (Å²) in [5.41, 5.74) is 7.01. The predicted octanol–water partition coefficient (Wildman–Crippen LogP) is 2.04. The van der Waals surface area contributed by atoms with Gasteiger partial charge in [-0.15, -0.1) is 0 Å². The molecule has 0 aliphatic carbocycles. The van der Waals surface area contributed by atoms with Crippen molar-refractivity contribution in [3.63, 3.8) is 0 Å². The van der Waals surface area contributed by atoms with Gasteiger partial charge in [0.05, 0.1) is 5.71 Å². The third-order valence-corrected chi connectivity index (χ3v) is 2.09. The monoisotopic (exact) mass is 234 g/mol. The fraction of sp³-hybridized carbons (Fsp3) is 0.308. The van der Waals surface area contributed by atoms with Crippen molar-refractivity contribution < 1.29 is 9.84 Å². The second-order valence-corrected chi connectivity index (χ2v) is 3.49. The third-order valence-electron chi connectivity index (χ3n) is 2.09. The molecule has 92 valence electrons. The van der Waals surface area contributed by atoms with Gasteiger partial charge >= 0.3 is 0 Å². The zero-order chi connectivity index (χ0) is 12.5. The topological polar surface area (TPSA) is 67.8 Å². The number of aromatic hydroxyl groups is 1. The molecule has 0 aliphatic rings. The minimum Gasteiger partial charge on any atom is -0.508 e. The van der Waals surface area contributed by atoms with E-state index in [4.69, 9.17) is 10.5 Å². The van der Waals surface area contributed by atoms with Crippen LogP contribution < -0.4 is 5.73 Å². The lowest BCUT2D eigenvalue weighted by Crippen LogP contribution is -2.02. The maximum Gasteiger partial charge on any atom is 0.138 e. The molecule has 0 atom stereocenters.